The number of benzene rings is 1. The number of amides is 1. The van der Waals surface area contributed by atoms with Crippen molar-refractivity contribution in [3.63, 3.8) is 0 Å². The van der Waals surface area contributed by atoms with Crippen molar-refractivity contribution in [3.05, 3.63) is 35.9 Å². The minimum absolute atomic E-state index is 0.0165. The second-order valence-corrected chi connectivity index (χ2v) is 5.17. The van der Waals surface area contributed by atoms with E-state index in [1.54, 1.807) is 18.7 Å². The van der Waals surface area contributed by atoms with Crippen molar-refractivity contribution < 1.29 is 14.6 Å². The lowest BCUT2D eigenvalue weighted by molar-refractivity contribution is -0.148. The highest BCUT2D eigenvalue weighted by atomic mass is 16.5. The molecule has 4 nitrogen and oxygen atoms in total. The predicted molar refractivity (Wildman–Crippen MR) is 72.6 cm³/mol. The van der Waals surface area contributed by atoms with Gasteiger partial charge in [0.15, 0.2) is 0 Å². The first-order valence-corrected chi connectivity index (χ1v) is 6.68. The first-order chi connectivity index (χ1) is 9.03. The Hall–Kier alpha value is -1.39. The van der Waals surface area contributed by atoms with Gasteiger partial charge in [-0.15, -0.1) is 0 Å². The topological polar surface area (TPSA) is 49.8 Å². The summed E-state index contributed by atoms with van der Waals surface area (Å²) >= 11 is 0. The molecule has 1 N–H and O–H groups in total. The molecule has 0 bridgehead atoms. The lowest BCUT2D eigenvalue weighted by atomic mass is 9.83. The van der Waals surface area contributed by atoms with E-state index >= 15 is 0 Å². The molecule has 19 heavy (non-hydrogen) atoms. The number of nitrogens with zero attached hydrogens (tertiary/aromatic N) is 1. The average Bonchev–Trinajstić information content (AvgIpc) is 2.47. The van der Waals surface area contributed by atoms with Crippen LogP contribution in [0, 0.1) is 5.92 Å². The van der Waals surface area contributed by atoms with Crippen molar-refractivity contribution in [3.8, 4) is 0 Å². The molecule has 1 aromatic carbocycles. The fraction of sp³-hybridized carbons (Fsp3) is 0.533. The minimum Gasteiger partial charge on any atom is -0.385 e. The van der Waals surface area contributed by atoms with Gasteiger partial charge >= 0.3 is 0 Å². The standard InChI is InChI=1S/C15H21NO3/c1-12(14(17)16-8-10-19-11-9-16)15(2,18)13-6-4-3-5-7-13/h3-7,12,18H,8-11H2,1-2H3/t12-,15+/m0/s1. The summed E-state index contributed by atoms with van der Waals surface area (Å²) in [5.41, 5.74) is -0.388. The van der Waals surface area contributed by atoms with Crippen LogP contribution in [0.25, 0.3) is 0 Å². The predicted octanol–water partition coefficient (Wildman–Crippen LogP) is 1.39. The first kappa shape index (κ1) is 14.0. The minimum atomic E-state index is -1.16. The van der Waals surface area contributed by atoms with E-state index in [4.69, 9.17) is 4.74 Å². The van der Waals surface area contributed by atoms with Crippen LogP contribution in [0.2, 0.25) is 0 Å². The van der Waals surface area contributed by atoms with Crippen molar-refractivity contribution in [1.82, 2.24) is 4.90 Å². The Morgan fingerprint density at radius 1 is 1.32 bits per heavy atom. The van der Waals surface area contributed by atoms with Gasteiger partial charge in [-0.3, -0.25) is 4.79 Å². The van der Waals surface area contributed by atoms with Gasteiger partial charge in [-0.25, -0.2) is 0 Å². The van der Waals surface area contributed by atoms with Gasteiger partial charge in [0.25, 0.3) is 0 Å². The molecule has 4 heteroatoms. The van der Waals surface area contributed by atoms with Crippen LogP contribution < -0.4 is 0 Å². The normalized spacial score (nSPS) is 20.7. The summed E-state index contributed by atoms with van der Waals surface area (Å²) in [5, 5.41) is 10.7. The molecule has 1 fully saturated rings. The zero-order chi connectivity index (χ0) is 13.9. The van der Waals surface area contributed by atoms with Gasteiger partial charge in [-0.05, 0) is 12.5 Å². The summed E-state index contributed by atoms with van der Waals surface area (Å²) in [6.07, 6.45) is 0. The van der Waals surface area contributed by atoms with Gasteiger partial charge in [0.05, 0.1) is 24.7 Å². The van der Waals surface area contributed by atoms with Gasteiger partial charge in [0.1, 0.15) is 0 Å². The zero-order valence-electron chi connectivity index (χ0n) is 11.5. The Labute approximate surface area is 114 Å². The number of hydrogen-bond acceptors (Lipinski definition) is 3. The van der Waals surface area contributed by atoms with E-state index in [0.717, 1.165) is 5.56 Å². The molecule has 0 aromatic heterocycles. The average molecular weight is 263 g/mol. The monoisotopic (exact) mass is 263 g/mol. The lowest BCUT2D eigenvalue weighted by Gasteiger charge is -2.35. The van der Waals surface area contributed by atoms with Gasteiger partial charge in [0.2, 0.25) is 5.91 Å². The maximum Gasteiger partial charge on any atom is 0.228 e. The third-order valence-electron chi connectivity index (χ3n) is 3.89. The zero-order valence-corrected chi connectivity index (χ0v) is 11.5. The Morgan fingerprint density at radius 3 is 2.47 bits per heavy atom. The van der Waals surface area contributed by atoms with Crippen LogP contribution in [-0.2, 0) is 15.1 Å². The smallest absolute Gasteiger partial charge is 0.228 e. The molecule has 0 radical (unpaired) electrons. The highest BCUT2D eigenvalue weighted by molar-refractivity contribution is 5.80. The van der Waals surface area contributed by atoms with Gasteiger partial charge < -0.3 is 14.7 Å². The molecular weight excluding hydrogens is 242 g/mol. The second kappa shape index (κ2) is 5.72. The Kier molecular flexibility index (Phi) is 4.22. The molecular formula is C15H21NO3. The maximum absolute atomic E-state index is 12.4. The highest BCUT2D eigenvalue weighted by Gasteiger charge is 2.37. The fourth-order valence-electron chi connectivity index (χ4n) is 2.32. The van der Waals surface area contributed by atoms with Gasteiger partial charge in [0, 0.05) is 13.1 Å². The van der Waals surface area contributed by atoms with Crippen LogP contribution in [0.5, 0.6) is 0 Å². The summed E-state index contributed by atoms with van der Waals surface area (Å²) in [6, 6.07) is 9.34. The van der Waals surface area contributed by atoms with Crippen LogP contribution >= 0.6 is 0 Å². The Morgan fingerprint density at radius 2 is 1.89 bits per heavy atom. The Bertz CT molecular complexity index is 424. The molecule has 2 atom stereocenters. The summed E-state index contributed by atoms with van der Waals surface area (Å²) < 4.78 is 5.24. The molecule has 1 aliphatic heterocycles. The van der Waals surface area contributed by atoms with E-state index < -0.39 is 11.5 Å². The van der Waals surface area contributed by atoms with E-state index in [1.165, 1.54) is 0 Å². The van der Waals surface area contributed by atoms with Crippen molar-refractivity contribution in [2.24, 2.45) is 5.92 Å². The summed E-state index contributed by atoms with van der Waals surface area (Å²) in [4.78, 5) is 14.2. The largest absolute Gasteiger partial charge is 0.385 e. The van der Waals surface area contributed by atoms with Crippen LogP contribution in [0.4, 0.5) is 0 Å². The van der Waals surface area contributed by atoms with Gasteiger partial charge in [-0.2, -0.15) is 0 Å². The van der Waals surface area contributed by atoms with E-state index in [0.29, 0.717) is 26.3 Å². The summed E-state index contributed by atoms with van der Waals surface area (Å²) in [7, 11) is 0. The van der Waals surface area contributed by atoms with Crippen LogP contribution in [0.3, 0.4) is 0 Å². The van der Waals surface area contributed by atoms with Crippen molar-refractivity contribution >= 4 is 5.91 Å². The fourth-order valence-corrected chi connectivity index (χ4v) is 2.32. The number of rotatable bonds is 3. The van der Waals surface area contributed by atoms with Crippen LogP contribution in [-0.4, -0.2) is 42.2 Å². The maximum atomic E-state index is 12.4. The third kappa shape index (κ3) is 2.96. The van der Waals surface area contributed by atoms with Crippen molar-refractivity contribution in [2.75, 3.05) is 26.3 Å². The quantitative estimate of drug-likeness (QED) is 0.896. The van der Waals surface area contributed by atoms with E-state index in [1.807, 2.05) is 30.3 Å². The molecule has 0 saturated carbocycles. The Balaban J connectivity index is 2.13. The molecule has 104 valence electrons. The molecule has 1 amide bonds. The molecule has 1 heterocycles. The van der Waals surface area contributed by atoms with Crippen LogP contribution in [0.15, 0.2) is 30.3 Å². The highest BCUT2D eigenvalue weighted by Crippen LogP contribution is 2.30. The number of carbonyl (C=O) groups excluding carboxylic acids is 1. The number of hydrogen-bond donors (Lipinski definition) is 1. The van der Waals surface area contributed by atoms with Crippen molar-refractivity contribution in [2.45, 2.75) is 19.4 Å². The molecule has 1 saturated heterocycles. The molecule has 0 spiro atoms. The van der Waals surface area contributed by atoms with E-state index in [2.05, 4.69) is 0 Å². The van der Waals surface area contributed by atoms with Gasteiger partial charge in [-0.1, -0.05) is 37.3 Å². The van der Waals surface area contributed by atoms with Crippen LogP contribution in [0.1, 0.15) is 19.4 Å². The number of morpholine rings is 1. The van der Waals surface area contributed by atoms with E-state index in [9.17, 15) is 9.90 Å². The number of aliphatic hydroxyl groups is 1. The van der Waals surface area contributed by atoms with Crippen molar-refractivity contribution in [1.29, 1.82) is 0 Å². The lowest BCUT2D eigenvalue weighted by Crippen LogP contribution is -2.48. The number of carbonyl (C=O) groups is 1. The summed E-state index contributed by atoms with van der Waals surface area (Å²) in [6.45, 7) is 5.84. The molecule has 0 unspecified atom stereocenters. The molecule has 0 aliphatic carbocycles. The third-order valence-corrected chi connectivity index (χ3v) is 3.89. The first-order valence-electron chi connectivity index (χ1n) is 6.68. The van der Waals surface area contributed by atoms with E-state index in [-0.39, 0.29) is 5.91 Å². The SMILES string of the molecule is C[C@@H](C(=O)N1CCOCC1)[C@@](C)(O)c1ccccc1. The second-order valence-electron chi connectivity index (χ2n) is 5.17. The molecule has 2 rings (SSSR count). The molecule has 1 aliphatic rings. The molecule has 1 aromatic rings. The summed E-state index contributed by atoms with van der Waals surface area (Å²) in [5.74, 6) is -0.495. The number of ether oxygens (including phenoxy) is 1.